The minimum absolute atomic E-state index is 0.701. The third kappa shape index (κ3) is 6.21. The summed E-state index contributed by atoms with van der Waals surface area (Å²) in [6.45, 7) is 0. The lowest BCUT2D eigenvalue weighted by atomic mass is 9.94. The van der Waals surface area contributed by atoms with Crippen LogP contribution in [0, 0.1) is 0 Å². The van der Waals surface area contributed by atoms with E-state index in [2.05, 4.69) is 84.9 Å². The molecule has 0 saturated carbocycles. The summed E-state index contributed by atoms with van der Waals surface area (Å²) in [7, 11) is 0. The van der Waals surface area contributed by atoms with Gasteiger partial charge in [0.1, 0.15) is 0 Å². The molecule has 0 aliphatic heterocycles. The summed E-state index contributed by atoms with van der Waals surface area (Å²) in [5.74, 6) is 0. The summed E-state index contributed by atoms with van der Waals surface area (Å²) in [6.07, 6.45) is 0. The fourth-order valence-corrected chi connectivity index (χ4v) is 6.61. The molecule has 200 valence electrons. The highest BCUT2D eigenvalue weighted by molar-refractivity contribution is 7.99. The predicted octanol–water partition coefficient (Wildman–Crippen LogP) is 13.1. The normalized spacial score (nSPS) is 11.0. The van der Waals surface area contributed by atoms with E-state index in [4.69, 9.17) is 46.4 Å². The molecule has 0 aromatic heterocycles. The third-order valence-corrected chi connectivity index (χ3v) is 8.98. The van der Waals surface area contributed by atoms with Crippen LogP contribution in [0.4, 0.5) is 0 Å². The zero-order valence-corrected chi connectivity index (χ0v) is 25.5. The van der Waals surface area contributed by atoms with Crippen LogP contribution in [0.1, 0.15) is 0 Å². The fourth-order valence-electron chi connectivity index (χ4n) is 4.92. The van der Waals surface area contributed by atoms with Crippen molar-refractivity contribution in [2.24, 2.45) is 0 Å². The van der Waals surface area contributed by atoms with Gasteiger partial charge in [0.25, 0.3) is 0 Å². The first kappa shape index (κ1) is 28.0. The Kier molecular flexibility index (Phi) is 8.44. The first-order chi connectivity index (χ1) is 20.0. The second kappa shape index (κ2) is 12.4. The van der Waals surface area contributed by atoms with Crippen molar-refractivity contribution in [2.75, 3.05) is 0 Å². The van der Waals surface area contributed by atoms with Crippen molar-refractivity contribution in [2.45, 2.75) is 9.79 Å². The van der Waals surface area contributed by atoms with Crippen molar-refractivity contribution >= 4 is 58.2 Å². The van der Waals surface area contributed by atoms with Crippen LogP contribution in [0.15, 0.2) is 143 Å². The first-order valence-electron chi connectivity index (χ1n) is 12.9. The molecule has 0 bridgehead atoms. The lowest BCUT2D eigenvalue weighted by Gasteiger charge is -2.19. The minimum atomic E-state index is 0.701. The lowest BCUT2D eigenvalue weighted by Crippen LogP contribution is -1.92. The maximum atomic E-state index is 6.29. The van der Waals surface area contributed by atoms with E-state index < -0.39 is 0 Å². The van der Waals surface area contributed by atoms with Crippen molar-refractivity contribution in [3.8, 4) is 44.5 Å². The number of benzene rings is 6. The van der Waals surface area contributed by atoms with Gasteiger partial charge in [-0.1, -0.05) is 131 Å². The molecule has 0 heterocycles. The molecule has 0 unspecified atom stereocenters. The molecule has 0 fully saturated rings. The summed E-state index contributed by atoms with van der Waals surface area (Å²) < 4.78 is 0. The van der Waals surface area contributed by atoms with Crippen LogP contribution < -0.4 is 0 Å². The molecule has 0 amide bonds. The third-order valence-electron chi connectivity index (χ3n) is 6.85. The summed E-state index contributed by atoms with van der Waals surface area (Å²) in [5.41, 5.74) is 8.87. The second-order valence-corrected chi connectivity index (χ2v) is 12.3. The molecule has 6 aromatic rings. The van der Waals surface area contributed by atoms with E-state index in [-0.39, 0.29) is 0 Å². The molecule has 0 spiro atoms. The van der Waals surface area contributed by atoms with Crippen molar-refractivity contribution in [1.29, 1.82) is 0 Å². The molecule has 0 saturated heterocycles. The van der Waals surface area contributed by atoms with Gasteiger partial charge in [-0.3, -0.25) is 0 Å². The maximum absolute atomic E-state index is 6.29. The molecule has 0 radical (unpaired) electrons. The Morgan fingerprint density at radius 2 is 0.610 bits per heavy atom. The van der Waals surface area contributed by atoms with E-state index in [1.54, 1.807) is 11.8 Å². The topological polar surface area (TPSA) is 0 Å². The molecule has 5 heteroatoms. The maximum Gasteiger partial charge on any atom is 0.0406 e. The van der Waals surface area contributed by atoms with Crippen molar-refractivity contribution in [3.63, 3.8) is 0 Å². The molecule has 6 rings (SSSR count). The zero-order valence-electron chi connectivity index (χ0n) is 21.6. The second-order valence-electron chi connectivity index (χ2n) is 9.49. The standard InChI is InChI=1S/C36H22Cl4S/c37-27-15-7-23(8-16-27)31-3-1-5-33(35(31)25-11-19-29(39)20-12-25)41-34-6-2-4-32(24-9-17-28(38)18-10-24)36(34)26-13-21-30(40)22-14-26/h1-22H. The van der Waals surface area contributed by atoms with E-state index in [1.165, 1.54) is 0 Å². The Morgan fingerprint density at radius 3 is 0.927 bits per heavy atom. The molecule has 6 aromatic carbocycles. The fraction of sp³-hybridized carbons (Fsp3) is 0. The van der Waals surface area contributed by atoms with Gasteiger partial charge >= 0.3 is 0 Å². The van der Waals surface area contributed by atoms with Crippen molar-refractivity contribution in [1.82, 2.24) is 0 Å². The number of halogens is 4. The number of rotatable bonds is 6. The molecule has 0 atom stereocenters. The predicted molar refractivity (Wildman–Crippen MR) is 179 cm³/mol. The van der Waals surface area contributed by atoms with E-state index >= 15 is 0 Å². The van der Waals surface area contributed by atoms with Crippen LogP contribution in [0.5, 0.6) is 0 Å². The monoisotopic (exact) mass is 626 g/mol. The van der Waals surface area contributed by atoms with Crippen LogP contribution in [0.25, 0.3) is 44.5 Å². The Bertz CT molecular complexity index is 1670. The molecule has 0 nitrogen and oxygen atoms in total. The Hall–Kier alpha value is -3.17. The van der Waals surface area contributed by atoms with Crippen LogP contribution in [0.2, 0.25) is 20.1 Å². The van der Waals surface area contributed by atoms with Gasteiger partial charge in [0.05, 0.1) is 0 Å². The average molecular weight is 628 g/mol. The Balaban J connectivity index is 1.56. The molecule has 41 heavy (non-hydrogen) atoms. The Morgan fingerprint density at radius 1 is 0.317 bits per heavy atom. The van der Waals surface area contributed by atoms with Crippen LogP contribution >= 0.6 is 58.2 Å². The van der Waals surface area contributed by atoms with Crippen LogP contribution in [-0.2, 0) is 0 Å². The van der Waals surface area contributed by atoms with Crippen molar-refractivity contribution in [3.05, 3.63) is 154 Å². The average Bonchev–Trinajstić information content (AvgIpc) is 2.99. The van der Waals surface area contributed by atoms with Gasteiger partial charge in [-0.05, 0) is 94.0 Å². The van der Waals surface area contributed by atoms with Crippen LogP contribution in [0.3, 0.4) is 0 Å². The van der Waals surface area contributed by atoms with Gasteiger partial charge in [0.15, 0.2) is 0 Å². The van der Waals surface area contributed by atoms with E-state index in [9.17, 15) is 0 Å². The summed E-state index contributed by atoms with van der Waals surface area (Å²) in [6, 6.07) is 44.9. The number of hydrogen-bond acceptors (Lipinski definition) is 1. The van der Waals surface area contributed by atoms with E-state index in [1.807, 2.05) is 48.5 Å². The summed E-state index contributed by atoms with van der Waals surface area (Å²) >= 11 is 26.8. The Labute approximate surface area is 264 Å². The molecular formula is C36H22Cl4S. The van der Waals surface area contributed by atoms with E-state index in [0.29, 0.717) is 20.1 Å². The lowest BCUT2D eigenvalue weighted by molar-refractivity contribution is 1.39. The van der Waals surface area contributed by atoms with Gasteiger partial charge in [-0.2, -0.15) is 0 Å². The highest BCUT2D eigenvalue weighted by atomic mass is 35.5. The molecule has 0 aliphatic rings. The highest BCUT2D eigenvalue weighted by Gasteiger charge is 2.18. The number of hydrogen-bond donors (Lipinski definition) is 0. The van der Waals surface area contributed by atoms with Gasteiger partial charge in [0, 0.05) is 41.0 Å². The molecular weight excluding hydrogens is 606 g/mol. The van der Waals surface area contributed by atoms with Gasteiger partial charge < -0.3 is 0 Å². The molecule has 0 N–H and O–H groups in total. The van der Waals surface area contributed by atoms with Gasteiger partial charge in [0.2, 0.25) is 0 Å². The SMILES string of the molecule is Clc1ccc(-c2cccc(Sc3cccc(-c4ccc(Cl)cc4)c3-c3ccc(Cl)cc3)c2-c2ccc(Cl)cc2)cc1. The van der Waals surface area contributed by atoms with Gasteiger partial charge in [-0.15, -0.1) is 0 Å². The summed E-state index contributed by atoms with van der Waals surface area (Å²) in [4.78, 5) is 2.26. The largest absolute Gasteiger partial charge is 0.0888 e. The summed E-state index contributed by atoms with van der Waals surface area (Å²) in [5, 5.41) is 2.82. The minimum Gasteiger partial charge on any atom is -0.0888 e. The highest BCUT2D eigenvalue weighted by Crippen LogP contribution is 2.47. The van der Waals surface area contributed by atoms with Crippen LogP contribution in [-0.4, -0.2) is 0 Å². The quantitative estimate of drug-likeness (QED) is 0.177. The smallest absolute Gasteiger partial charge is 0.0406 e. The van der Waals surface area contributed by atoms with E-state index in [0.717, 1.165) is 54.3 Å². The first-order valence-corrected chi connectivity index (χ1v) is 15.3. The molecule has 0 aliphatic carbocycles. The zero-order chi connectivity index (χ0) is 28.3. The van der Waals surface area contributed by atoms with Gasteiger partial charge in [-0.25, -0.2) is 0 Å². The van der Waals surface area contributed by atoms with Crippen molar-refractivity contribution < 1.29 is 0 Å².